The third-order valence-electron chi connectivity index (χ3n) is 1.70. The summed E-state index contributed by atoms with van der Waals surface area (Å²) >= 11 is 0. The number of pyridine rings is 2. The summed E-state index contributed by atoms with van der Waals surface area (Å²) in [5.74, 6) is 0. The number of fused-ring (bicyclic) bond motifs is 1. The fraction of sp³-hybridized carbons (Fsp3) is 0. The summed E-state index contributed by atoms with van der Waals surface area (Å²) in [6.45, 7) is 0. The average Bonchev–Trinajstić information content (AvgIpc) is 2.17. The molecule has 0 atom stereocenters. The molecule has 0 radical (unpaired) electrons. The van der Waals surface area contributed by atoms with Gasteiger partial charge in [0.25, 0.3) is 0 Å². The maximum Gasteiger partial charge on any atom is 0.150 e. The van der Waals surface area contributed by atoms with Gasteiger partial charge in [-0.15, -0.1) is 0 Å². The molecule has 0 unspecified atom stereocenters. The van der Waals surface area contributed by atoms with E-state index in [4.69, 9.17) is 0 Å². The molecule has 0 saturated heterocycles. The molecule has 2 aromatic rings. The lowest BCUT2D eigenvalue weighted by Crippen LogP contribution is -1.86. The van der Waals surface area contributed by atoms with Crippen molar-refractivity contribution in [2.45, 2.75) is 0 Å². The van der Waals surface area contributed by atoms with E-state index in [1.54, 1.807) is 30.7 Å². The summed E-state index contributed by atoms with van der Waals surface area (Å²) in [7, 11) is 0. The Labute approximate surface area is 69.1 Å². The van der Waals surface area contributed by atoms with Crippen LogP contribution < -0.4 is 0 Å². The highest BCUT2D eigenvalue weighted by Gasteiger charge is 1.98. The van der Waals surface area contributed by atoms with E-state index in [-0.39, 0.29) is 0 Å². The summed E-state index contributed by atoms with van der Waals surface area (Å²) in [4.78, 5) is 18.6. The molecular formula is C9H6N2O. The van der Waals surface area contributed by atoms with Crippen molar-refractivity contribution in [1.82, 2.24) is 9.97 Å². The van der Waals surface area contributed by atoms with Crippen LogP contribution in [0.15, 0.2) is 30.7 Å². The Balaban J connectivity index is 2.88. The van der Waals surface area contributed by atoms with Crippen LogP contribution in [0.4, 0.5) is 0 Å². The van der Waals surface area contributed by atoms with E-state index >= 15 is 0 Å². The predicted molar refractivity (Wildman–Crippen MR) is 44.9 cm³/mol. The first kappa shape index (κ1) is 6.91. The summed E-state index contributed by atoms with van der Waals surface area (Å²) in [5.41, 5.74) is 1.43. The lowest BCUT2D eigenvalue weighted by atomic mass is 10.2. The second-order valence-corrected chi connectivity index (χ2v) is 2.41. The number of hydrogen-bond donors (Lipinski definition) is 0. The Hall–Kier alpha value is -1.77. The molecule has 58 valence electrons. The fourth-order valence-corrected chi connectivity index (χ4v) is 1.11. The molecule has 2 heterocycles. The molecule has 0 amide bonds. The van der Waals surface area contributed by atoms with Gasteiger partial charge in [0.1, 0.15) is 0 Å². The molecule has 0 aliphatic rings. The Kier molecular flexibility index (Phi) is 1.55. The number of aldehydes is 1. The summed E-state index contributed by atoms with van der Waals surface area (Å²) < 4.78 is 0. The lowest BCUT2D eigenvalue weighted by molar-refractivity contribution is 0.112. The van der Waals surface area contributed by atoms with Gasteiger partial charge in [-0.05, 0) is 12.1 Å². The Morgan fingerprint density at radius 3 is 3.00 bits per heavy atom. The molecule has 3 heteroatoms. The highest BCUT2D eigenvalue weighted by molar-refractivity contribution is 5.95. The molecule has 2 aromatic heterocycles. The topological polar surface area (TPSA) is 42.9 Å². The molecule has 0 saturated carbocycles. The molecule has 0 aliphatic carbocycles. The van der Waals surface area contributed by atoms with Gasteiger partial charge in [-0.25, -0.2) is 0 Å². The Morgan fingerprint density at radius 2 is 2.17 bits per heavy atom. The van der Waals surface area contributed by atoms with E-state index in [9.17, 15) is 4.79 Å². The van der Waals surface area contributed by atoms with Crippen molar-refractivity contribution in [1.29, 1.82) is 0 Å². The maximum absolute atomic E-state index is 10.6. The first-order chi connectivity index (χ1) is 5.92. The zero-order chi connectivity index (χ0) is 8.39. The van der Waals surface area contributed by atoms with Crippen molar-refractivity contribution in [2.24, 2.45) is 0 Å². The van der Waals surface area contributed by atoms with Gasteiger partial charge < -0.3 is 0 Å². The van der Waals surface area contributed by atoms with Gasteiger partial charge >= 0.3 is 0 Å². The highest BCUT2D eigenvalue weighted by atomic mass is 16.1. The SMILES string of the molecule is O=Cc1ccnc2ccncc12. The largest absolute Gasteiger partial charge is 0.298 e. The van der Waals surface area contributed by atoms with Crippen LogP contribution in [0.2, 0.25) is 0 Å². The molecule has 0 aromatic carbocycles. The first-order valence-electron chi connectivity index (χ1n) is 3.56. The van der Waals surface area contributed by atoms with Crippen LogP contribution in [0, 0.1) is 0 Å². The van der Waals surface area contributed by atoms with E-state index in [1.165, 1.54) is 0 Å². The molecule has 3 nitrogen and oxygen atoms in total. The monoisotopic (exact) mass is 158 g/mol. The van der Waals surface area contributed by atoms with Crippen LogP contribution in [0.1, 0.15) is 10.4 Å². The van der Waals surface area contributed by atoms with Gasteiger partial charge in [-0.3, -0.25) is 14.8 Å². The van der Waals surface area contributed by atoms with Crippen molar-refractivity contribution in [2.75, 3.05) is 0 Å². The number of nitrogens with zero attached hydrogens (tertiary/aromatic N) is 2. The molecular weight excluding hydrogens is 152 g/mol. The number of carbonyl (C=O) groups excluding carboxylic acids is 1. The average molecular weight is 158 g/mol. The molecule has 2 rings (SSSR count). The van der Waals surface area contributed by atoms with E-state index < -0.39 is 0 Å². The highest BCUT2D eigenvalue weighted by Crippen LogP contribution is 2.12. The quantitative estimate of drug-likeness (QED) is 0.590. The van der Waals surface area contributed by atoms with Gasteiger partial charge in [-0.2, -0.15) is 0 Å². The number of carbonyl (C=O) groups is 1. The molecule has 0 spiro atoms. The minimum Gasteiger partial charge on any atom is -0.298 e. The van der Waals surface area contributed by atoms with Crippen molar-refractivity contribution in [3.63, 3.8) is 0 Å². The smallest absolute Gasteiger partial charge is 0.150 e. The van der Waals surface area contributed by atoms with E-state index in [1.807, 2.05) is 0 Å². The van der Waals surface area contributed by atoms with Gasteiger partial charge in [0.15, 0.2) is 6.29 Å². The van der Waals surface area contributed by atoms with Gasteiger partial charge in [0.2, 0.25) is 0 Å². The molecule has 0 fully saturated rings. The number of rotatable bonds is 1. The van der Waals surface area contributed by atoms with Crippen LogP contribution in [-0.4, -0.2) is 16.3 Å². The number of hydrogen-bond acceptors (Lipinski definition) is 3. The normalized spacial score (nSPS) is 10.0. The van der Waals surface area contributed by atoms with Crippen molar-refractivity contribution < 1.29 is 4.79 Å². The molecule has 0 aliphatic heterocycles. The summed E-state index contributed by atoms with van der Waals surface area (Å²) in [6.07, 6.45) is 5.73. The fourth-order valence-electron chi connectivity index (χ4n) is 1.11. The second kappa shape index (κ2) is 2.70. The standard InChI is InChI=1S/C9H6N2O/c12-6-7-1-4-11-9-2-3-10-5-8(7)9/h1-6H. The predicted octanol–water partition coefficient (Wildman–Crippen LogP) is 1.44. The molecule has 0 bridgehead atoms. The number of aromatic nitrogens is 2. The van der Waals surface area contributed by atoms with Crippen LogP contribution in [0.25, 0.3) is 10.9 Å². The Morgan fingerprint density at radius 1 is 1.25 bits per heavy atom. The van der Waals surface area contributed by atoms with Crippen LogP contribution in [-0.2, 0) is 0 Å². The third-order valence-corrected chi connectivity index (χ3v) is 1.70. The zero-order valence-corrected chi connectivity index (χ0v) is 6.27. The zero-order valence-electron chi connectivity index (χ0n) is 6.27. The molecule has 0 N–H and O–H groups in total. The third kappa shape index (κ3) is 0.955. The van der Waals surface area contributed by atoms with E-state index in [2.05, 4.69) is 9.97 Å². The van der Waals surface area contributed by atoms with Crippen molar-refractivity contribution in [3.8, 4) is 0 Å². The minimum atomic E-state index is 0.633. The van der Waals surface area contributed by atoms with Crippen LogP contribution >= 0.6 is 0 Å². The Bertz CT molecular complexity index is 420. The minimum absolute atomic E-state index is 0.633. The van der Waals surface area contributed by atoms with Gasteiger partial charge in [0, 0.05) is 29.5 Å². The van der Waals surface area contributed by atoms with Gasteiger partial charge in [0.05, 0.1) is 5.52 Å². The summed E-state index contributed by atoms with van der Waals surface area (Å²) in [5, 5.41) is 0.801. The van der Waals surface area contributed by atoms with E-state index in [0.717, 1.165) is 17.2 Å². The first-order valence-corrected chi connectivity index (χ1v) is 3.56. The van der Waals surface area contributed by atoms with Crippen LogP contribution in [0.3, 0.4) is 0 Å². The van der Waals surface area contributed by atoms with E-state index in [0.29, 0.717) is 5.56 Å². The second-order valence-electron chi connectivity index (χ2n) is 2.41. The van der Waals surface area contributed by atoms with Crippen LogP contribution in [0.5, 0.6) is 0 Å². The van der Waals surface area contributed by atoms with Crippen molar-refractivity contribution in [3.05, 3.63) is 36.3 Å². The van der Waals surface area contributed by atoms with Gasteiger partial charge in [-0.1, -0.05) is 0 Å². The molecule has 12 heavy (non-hydrogen) atoms. The summed E-state index contributed by atoms with van der Waals surface area (Å²) in [6, 6.07) is 3.46. The van der Waals surface area contributed by atoms with Crippen molar-refractivity contribution >= 4 is 17.2 Å². The maximum atomic E-state index is 10.6. The lowest BCUT2D eigenvalue weighted by Gasteiger charge is -1.96.